The normalized spacial score (nSPS) is 10.5. The summed E-state index contributed by atoms with van der Waals surface area (Å²) in [6.45, 7) is 3.98. The van der Waals surface area contributed by atoms with E-state index in [0.717, 1.165) is 17.6 Å². The standard InChI is InChI=1S/C16H19BrN2/c1-3-19(15-7-5-4-6-8-15)16-10-9-14(17)11-13(16)12-18-2/h4-11,18H,3,12H2,1-2H3. The molecule has 0 aliphatic rings. The van der Waals surface area contributed by atoms with Crippen LogP contribution in [0.25, 0.3) is 0 Å². The van der Waals surface area contributed by atoms with Crippen molar-refractivity contribution in [1.82, 2.24) is 5.32 Å². The topological polar surface area (TPSA) is 15.3 Å². The Labute approximate surface area is 123 Å². The number of para-hydroxylation sites is 1. The van der Waals surface area contributed by atoms with Crippen LogP contribution in [0.1, 0.15) is 12.5 Å². The molecule has 1 N–H and O–H groups in total. The zero-order valence-electron chi connectivity index (χ0n) is 11.4. The molecule has 0 unspecified atom stereocenters. The van der Waals surface area contributed by atoms with Gasteiger partial charge < -0.3 is 10.2 Å². The van der Waals surface area contributed by atoms with Crippen molar-refractivity contribution in [2.24, 2.45) is 0 Å². The summed E-state index contributed by atoms with van der Waals surface area (Å²) < 4.78 is 1.12. The Kier molecular flexibility index (Phi) is 5.00. The molecule has 2 nitrogen and oxygen atoms in total. The molecule has 19 heavy (non-hydrogen) atoms. The molecule has 0 saturated carbocycles. The van der Waals surface area contributed by atoms with Crippen LogP contribution in [-0.4, -0.2) is 13.6 Å². The molecule has 0 aliphatic heterocycles. The molecule has 2 rings (SSSR count). The van der Waals surface area contributed by atoms with Crippen LogP contribution in [0.15, 0.2) is 53.0 Å². The lowest BCUT2D eigenvalue weighted by Gasteiger charge is -2.26. The molecule has 0 heterocycles. The summed E-state index contributed by atoms with van der Waals surface area (Å²) in [6, 6.07) is 16.9. The second-order valence-electron chi connectivity index (χ2n) is 4.38. The van der Waals surface area contributed by atoms with E-state index >= 15 is 0 Å². The predicted molar refractivity (Wildman–Crippen MR) is 86.0 cm³/mol. The molecular weight excluding hydrogens is 300 g/mol. The van der Waals surface area contributed by atoms with Crippen LogP contribution < -0.4 is 10.2 Å². The van der Waals surface area contributed by atoms with Gasteiger partial charge in [0.15, 0.2) is 0 Å². The van der Waals surface area contributed by atoms with Gasteiger partial charge in [0.25, 0.3) is 0 Å². The van der Waals surface area contributed by atoms with Gasteiger partial charge in [-0.05, 0) is 49.9 Å². The lowest BCUT2D eigenvalue weighted by Crippen LogP contribution is -2.19. The van der Waals surface area contributed by atoms with Crippen molar-refractivity contribution in [3.05, 3.63) is 58.6 Å². The lowest BCUT2D eigenvalue weighted by atomic mass is 10.1. The number of rotatable bonds is 5. The van der Waals surface area contributed by atoms with Gasteiger partial charge in [-0.25, -0.2) is 0 Å². The summed E-state index contributed by atoms with van der Waals surface area (Å²) in [5.41, 5.74) is 3.78. The second-order valence-corrected chi connectivity index (χ2v) is 5.30. The van der Waals surface area contributed by atoms with E-state index in [1.54, 1.807) is 0 Å². The Bertz CT molecular complexity index is 526. The van der Waals surface area contributed by atoms with Crippen molar-refractivity contribution in [1.29, 1.82) is 0 Å². The number of hydrogen-bond donors (Lipinski definition) is 1. The van der Waals surface area contributed by atoms with Crippen LogP contribution in [0.3, 0.4) is 0 Å². The zero-order valence-corrected chi connectivity index (χ0v) is 12.9. The molecule has 0 fully saturated rings. The summed E-state index contributed by atoms with van der Waals surface area (Å²) in [6.07, 6.45) is 0. The molecule has 0 aliphatic carbocycles. The third-order valence-corrected chi connectivity index (χ3v) is 3.58. The molecule has 3 heteroatoms. The van der Waals surface area contributed by atoms with Gasteiger partial charge in [0, 0.05) is 28.9 Å². The Morgan fingerprint density at radius 1 is 1.11 bits per heavy atom. The first-order valence-corrected chi connectivity index (χ1v) is 7.31. The van der Waals surface area contributed by atoms with Crippen molar-refractivity contribution in [3.63, 3.8) is 0 Å². The average Bonchev–Trinajstić information content (AvgIpc) is 2.43. The van der Waals surface area contributed by atoms with Crippen molar-refractivity contribution in [2.75, 3.05) is 18.5 Å². The number of anilines is 2. The first kappa shape index (κ1) is 14.1. The molecule has 0 amide bonds. The fourth-order valence-corrected chi connectivity index (χ4v) is 2.66. The van der Waals surface area contributed by atoms with E-state index in [4.69, 9.17) is 0 Å². The molecule has 2 aromatic rings. The van der Waals surface area contributed by atoms with Crippen molar-refractivity contribution in [3.8, 4) is 0 Å². The van der Waals surface area contributed by atoms with Crippen molar-refractivity contribution >= 4 is 27.3 Å². The molecule has 100 valence electrons. The highest BCUT2D eigenvalue weighted by Gasteiger charge is 2.11. The minimum atomic E-state index is 0.859. The molecule has 0 saturated heterocycles. The number of hydrogen-bond acceptors (Lipinski definition) is 2. The number of halogens is 1. The van der Waals surface area contributed by atoms with Crippen LogP contribution in [0, 0.1) is 0 Å². The third kappa shape index (κ3) is 3.37. The Morgan fingerprint density at radius 2 is 1.84 bits per heavy atom. The van der Waals surface area contributed by atoms with Gasteiger partial charge in [-0.3, -0.25) is 0 Å². The van der Waals surface area contributed by atoms with Crippen LogP contribution >= 0.6 is 15.9 Å². The summed E-state index contributed by atoms with van der Waals surface area (Å²) in [5.74, 6) is 0. The summed E-state index contributed by atoms with van der Waals surface area (Å²) in [7, 11) is 1.98. The predicted octanol–water partition coefficient (Wildman–Crippen LogP) is 4.33. The highest BCUT2D eigenvalue weighted by molar-refractivity contribution is 9.10. The fraction of sp³-hybridized carbons (Fsp3) is 0.250. The minimum absolute atomic E-state index is 0.859. The minimum Gasteiger partial charge on any atom is -0.342 e. The number of nitrogens with one attached hydrogen (secondary N) is 1. The van der Waals surface area contributed by atoms with E-state index in [1.807, 2.05) is 13.1 Å². The van der Waals surface area contributed by atoms with E-state index in [-0.39, 0.29) is 0 Å². The molecule has 0 atom stereocenters. The number of nitrogens with zero attached hydrogens (tertiary/aromatic N) is 1. The quantitative estimate of drug-likeness (QED) is 0.882. The molecule has 0 aromatic heterocycles. The smallest absolute Gasteiger partial charge is 0.0457 e. The molecular formula is C16H19BrN2. The van der Waals surface area contributed by atoms with E-state index in [0.29, 0.717) is 0 Å². The summed E-state index contributed by atoms with van der Waals surface area (Å²) in [4.78, 5) is 2.33. The maximum absolute atomic E-state index is 3.55. The van der Waals surface area contributed by atoms with Gasteiger partial charge >= 0.3 is 0 Å². The second kappa shape index (κ2) is 6.73. The maximum Gasteiger partial charge on any atom is 0.0457 e. The summed E-state index contributed by atoms with van der Waals surface area (Å²) in [5, 5.41) is 3.23. The van der Waals surface area contributed by atoms with Crippen LogP contribution in [0.4, 0.5) is 11.4 Å². The molecule has 0 bridgehead atoms. The average molecular weight is 319 g/mol. The van der Waals surface area contributed by atoms with E-state index in [2.05, 4.69) is 75.5 Å². The SMILES string of the molecule is CCN(c1ccccc1)c1ccc(Br)cc1CNC. The van der Waals surface area contributed by atoms with Crippen LogP contribution in [-0.2, 0) is 6.54 Å². The molecule has 2 aromatic carbocycles. The highest BCUT2D eigenvalue weighted by atomic mass is 79.9. The van der Waals surface area contributed by atoms with Crippen LogP contribution in [0.2, 0.25) is 0 Å². The van der Waals surface area contributed by atoms with Gasteiger partial charge in [-0.1, -0.05) is 34.1 Å². The van der Waals surface area contributed by atoms with E-state index < -0.39 is 0 Å². The number of benzene rings is 2. The third-order valence-electron chi connectivity index (χ3n) is 3.08. The van der Waals surface area contributed by atoms with Crippen molar-refractivity contribution in [2.45, 2.75) is 13.5 Å². The first-order chi connectivity index (χ1) is 9.26. The van der Waals surface area contributed by atoms with Gasteiger partial charge in [0.1, 0.15) is 0 Å². The van der Waals surface area contributed by atoms with Gasteiger partial charge in [0.2, 0.25) is 0 Å². The van der Waals surface area contributed by atoms with Gasteiger partial charge in [0.05, 0.1) is 0 Å². The van der Waals surface area contributed by atoms with E-state index in [9.17, 15) is 0 Å². The maximum atomic E-state index is 3.55. The molecule has 0 spiro atoms. The Hall–Kier alpha value is -1.32. The largest absolute Gasteiger partial charge is 0.342 e. The van der Waals surface area contributed by atoms with Crippen LogP contribution in [0.5, 0.6) is 0 Å². The lowest BCUT2D eigenvalue weighted by molar-refractivity contribution is 0.812. The zero-order chi connectivity index (χ0) is 13.7. The monoisotopic (exact) mass is 318 g/mol. The molecule has 0 radical (unpaired) electrons. The summed E-state index contributed by atoms with van der Waals surface area (Å²) >= 11 is 3.55. The Morgan fingerprint density at radius 3 is 2.47 bits per heavy atom. The fourth-order valence-electron chi connectivity index (χ4n) is 2.25. The first-order valence-electron chi connectivity index (χ1n) is 6.52. The van der Waals surface area contributed by atoms with Gasteiger partial charge in [-0.15, -0.1) is 0 Å². The Balaban J connectivity index is 2.43. The van der Waals surface area contributed by atoms with E-state index in [1.165, 1.54) is 16.9 Å². The van der Waals surface area contributed by atoms with Gasteiger partial charge in [-0.2, -0.15) is 0 Å². The highest BCUT2D eigenvalue weighted by Crippen LogP contribution is 2.30. The van der Waals surface area contributed by atoms with Crippen molar-refractivity contribution < 1.29 is 0 Å².